The number of rotatable bonds is 6. The van der Waals surface area contributed by atoms with E-state index in [9.17, 15) is 32.3 Å². The molecule has 0 bridgehead atoms. The average Bonchev–Trinajstić information content (AvgIpc) is 3.25. The van der Waals surface area contributed by atoms with Crippen LogP contribution in [0.2, 0.25) is 0 Å². The molecule has 1 atom stereocenters. The summed E-state index contributed by atoms with van der Waals surface area (Å²) in [6.45, 7) is 5.11. The summed E-state index contributed by atoms with van der Waals surface area (Å²) >= 11 is 3.10. The molecule has 3 saturated heterocycles. The number of benzene rings is 1. The number of piperidine rings is 2. The van der Waals surface area contributed by atoms with Crippen molar-refractivity contribution in [3.63, 3.8) is 0 Å². The fourth-order valence-electron chi connectivity index (χ4n) is 6.58. The Hall–Kier alpha value is -3.52. The molecule has 234 valence electrons. The number of halogens is 4. The van der Waals surface area contributed by atoms with Gasteiger partial charge < -0.3 is 9.80 Å². The van der Waals surface area contributed by atoms with Crippen molar-refractivity contribution in [2.75, 3.05) is 55.6 Å². The van der Waals surface area contributed by atoms with E-state index in [1.165, 1.54) is 6.20 Å². The number of pyridine rings is 1. The first-order valence-electron chi connectivity index (χ1n) is 14.8. The minimum atomic E-state index is -4.46. The van der Waals surface area contributed by atoms with E-state index in [0.29, 0.717) is 23.5 Å². The van der Waals surface area contributed by atoms with Crippen LogP contribution in [0.3, 0.4) is 0 Å². The van der Waals surface area contributed by atoms with Crippen LogP contribution >= 0.6 is 15.9 Å². The first kappa shape index (κ1) is 30.5. The molecule has 1 unspecified atom stereocenters. The van der Waals surface area contributed by atoms with Gasteiger partial charge >= 0.3 is 6.18 Å². The number of aromatic nitrogens is 1. The van der Waals surface area contributed by atoms with Gasteiger partial charge in [0.25, 0.3) is 11.8 Å². The summed E-state index contributed by atoms with van der Waals surface area (Å²) in [5, 5.41) is 2.21. The van der Waals surface area contributed by atoms with Gasteiger partial charge in [0.1, 0.15) is 11.9 Å². The number of anilines is 2. The fourth-order valence-corrected chi connectivity index (χ4v) is 6.91. The van der Waals surface area contributed by atoms with Gasteiger partial charge in [-0.25, -0.2) is 4.98 Å². The van der Waals surface area contributed by atoms with E-state index >= 15 is 0 Å². The third kappa shape index (κ3) is 6.06. The number of alkyl halides is 3. The monoisotopic (exact) mass is 676 g/mol. The molecule has 0 spiro atoms. The molecule has 10 nitrogen and oxygen atoms in total. The van der Waals surface area contributed by atoms with E-state index in [0.717, 1.165) is 68.6 Å². The Kier molecular flexibility index (Phi) is 8.40. The Labute approximate surface area is 260 Å². The van der Waals surface area contributed by atoms with E-state index < -0.39 is 41.4 Å². The van der Waals surface area contributed by atoms with Crippen molar-refractivity contribution in [2.24, 2.45) is 5.92 Å². The fraction of sp³-hybridized carbons (Fsp3) is 0.500. The molecule has 44 heavy (non-hydrogen) atoms. The van der Waals surface area contributed by atoms with Crippen LogP contribution in [-0.2, 0) is 15.8 Å². The Balaban J connectivity index is 0.992. The summed E-state index contributed by atoms with van der Waals surface area (Å²) in [5.41, 5.74) is 0.654. The average molecular weight is 678 g/mol. The number of carbonyl (C=O) groups excluding carboxylic acids is 4. The number of nitrogens with zero attached hydrogens (tertiary/aromatic N) is 5. The number of fused-ring (bicyclic) bond motifs is 1. The maximum atomic E-state index is 13.6. The van der Waals surface area contributed by atoms with Gasteiger partial charge in [0.2, 0.25) is 11.8 Å². The molecule has 0 radical (unpaired) electrons. The molecule has 0 aliphatic carbocycles. The van der Waals surface area contributed by atoms with Crippen molar-refractivity contribution in [1.29, 1.82) is 0 Å². The molecule has 0 saturated carbocycles. The van der Waals surface area contributed by atoms with Crippen molar-refractivity contribution >= 4 is 51.1 Å². The van der Waals surface area contributed by atoms with E-state index in [-0.39, 0.29) is 29.8 Å². The van der Waals surface area contributed by atoms with Gasteiger partial charge in [-0.1, -0.05) is 0 Å². The Morgan fingerprint density at radius 3 is 2.27 bits per heavy atom. The first-order chi connectivity index (χ1) is 21.0. The maximum Gasteiger partial charge on any atom is 0.419 e. The summed E-state index contributed by atoms with van der Waals surface area (Å²) in [5.74, 6) is -1.65. The van der Waals surface area contributed by atoms with Crippen LogP contribution in [0, 0.1) is 5.92 Å². The number of nitrogens with one attached hydrogen (secondary N) is 1. The Morgan fingerprint density at radius 1 is 0.886 bits per heavy atom. The molecule has 1 aromatic heterocycles. The highest BCUT2D eigenvalue weighted by Gasteiger charge is 2.45. The van der Waals surface area contributed by atoms with Crippen molar-refractivity contribution in [1.82, 2.24) is 20.1 Å². The standard InChI is InChI=1S/C30H32BrF3N6O4/c31-19-15-23(30(32,33)34)26(35-17-19)39-9-6-18(7-10-39)5-8-37-11-13-38(14-12-37)20-1-2-21-22(16-20)29(44)40(28(21)43)24-3-4-25(41)36-27(24)42/h1-2,15-18,24H,3-14H2,(H,36,41,42). The molecule has 1 N–H and O–H groups in total. The van der Waals surface area contributed by atoms with Gasteiger partial charge in [0.15, 0.2) is 0 Å². The first-order valence-corrected chi connectivity index (χ1v) is 15.6. The zero-order valence-electron chi connectivity index (χ0n) is 23.9. The second-order valence-corrected chi connectivity index (χ2v) is 12.7. The smallest absolute Gasteiger partial charge is 0.369 e. The molecule has 4 aliphatic heterocycles. The summed E-state index contributed by atoms with van der Waals surface area (Å²) in [6.07, 6.45) is -0.268. The van der Waals surface area contributed by atoms with Crippen molar-refractivity contribution < 1.29 is 32.3 Å². The Bertz CT molecular complexity index is 1490. The summed E-state index contributed by atoms with van der Waals surface area (Å²) < 4.78 is 41.0. The third-order valence-corrected chi connectivity index (χ3v) is 9.50. The number of hydrogen-bond acceptors (Lipinski definition) is 8. The van der Waals surface area contributed by atoms with Crippen LogP contribution in [-0.4, -0.2) is 90.3 Å². The van der Waals surface area contributed by atoms with Gasteiger partial charge in [-0.2, -0.15) is 13.2 Å². The summed E-state index contributed by atoms with van der Waals surface area (Å²) in [7, 11) is 0. The quantitative estimate of drug-likeness (QED) is 0.462. The van der Waals surface area contributed by atoms with E-state index in [2.05, 4.69) is 36.0 Å². The normalized spacial score (nSPS) is 22.1. The highest BCUT2D eigenvalue weighted by atomic mass is 79.9. The lowest BCUT2D eigenvalue weighted by atomic mass is 9.93. The van der Waals surface area contributed by atoms with E-state index in [1.54, 1.807) is 17.0 Å². The number of hydrogen-bond donors (Lipinski definition) is 1. The molecular weight excluding hydrogens is 645 g/mol. The van der Waals surface area contributed by atoms with Gasteiger partial charge in [0, 0.05) is 62.0 Å². The van der Waals surface area contributed by atoms with Crippen LogP contribution in [0.15, 0.2) is 34.9 Å². The second kappa shape index (κ2) is 12.1. The lowest BCUT2D eigenvalue weighted by Gasteiger charge is -2.38. The van der Waals surface area contributed by atoms with Crippen molar-refractivity contribution in [2.45, 2.75) is 44.3 Å². The molecule has 3 fully saturated rings. The molecular formula is C30H32BrF3N6O4. The molecule has 2 aromatic rings. The third-order valence-electron chi connectivity index (χ3n) is 9.07. The number of imide groups is 2. The lowest BCUT2D eigenvalue weighted by molar-refractivity contribution is -0.138. The second-order valence-electron chi connectivity index (χ2n) is 11.7. The highest BCUT2D eigenvalue weighted by molar-refractivity contribution is 9.10. The SMILES string of the molecule is O=C1CCC(N2C(=O)c3ccc(N4CCN(CCC5CCN(c6ncc(Br)cc6C(F)(F)F)CC5)CC4)cc3C2=O)C(=O)N1. The zero-order valence-corrected chi connectivity index (χ0v) is 25.5. The van der Waals surface area contributed by atoms with Gasteiger partial charge in [-0.15, -0.1) is 0 Å². The number of amides is 4. The van der Waals surface area contributed by atoms with Gasteiger partial charge in [-0.05, 0) is 78.3 Å². The van der Waals surface area contributed by atoms with Crippen LogP contribution in [0.4, 0.5) is 24.7 Å². The minimum Gasteiger partial charge on any atom is -0.369 e. The predicted octanol–water partition coefficient (Wildman–Crippen LogP) is 3.69. The predicted molar refractivity (Wildman–Crippen MR) is 158 cm³/mol. The number of piperazine rings is 1. The van der Waals surface area contributed by atoms with Gasteiger partial charge in [-0.3, -0.25) is 34.3 Å². The van der Waals surface area contributed by atoms with Crippen LogP contribution in [0.1, 0.15) is 58.4 Å². The molecule has 5 heterocycles. The molecule has 4 aliphatic rings. The van der Waals surface area contributed by atoms with Crippen molar-refractivity contribution in [3.8, 4) is 0 Å². The zero-order chi connectivity index (χ0) is 31.2. The summed E-state index contributed by atoms with van der Waals surface area (Å²) in [4.78, 5) is 61.4. The Morgan fingerprint density at radius 2 is 1.59 bits per heavy atom. The highest BCUT2D eigenvalue weighted by Crippen LogP contribution is 2.38. The molecule has 4 amide bonds. The number of carbonyl (C=O) groups is 4. The molecule has 14 heteroatoms. The molecule has 6 rings (SSSR count). The van der Waals surface area contributed by atoms with Crippen LogP contribution < -0.4 is 15.1 Å². The van der Waals surface area contributed by atoms with E-state index in [1.807, 2.05) is 6.07 Å². The van der Waals surface area contributed by atoms with Gasteiger partial charge in [0.05, 0.1) is 16.7 Å². The van der Waals surface area contributed by atoms with Crippen LogP contribution in [0.5, 0.6) is 0 Å². The van der Waals surface area contributed by atoms with Crippen LogP contribution in [0.25, 0.3) is 0 Å². The maximum absolute atomic E-state index is 13.6. The summed E-state index contributed by atoms with van der Waals surface area (Å²) in [6, 6.07) is 5.27. The minimum absolute atomic E-state index is 0.00317. The van der Waals surface area contributed by atoms with E-state index in [4.69, 9.17) is 0 Å². The largest absolute Gasteiger partial charge is 0.419 e. The molecule has 1 aromatic carbocycles. The topological polar surface area (TPSA) is 106 Å². The lowest BCUT2D eigenvalue weighted by Crippen LogP contribution is -2.54. The van der Waals surface area contributed by atoms with Crippen molar-refractivity contribution in [3.05, 3.63) is 51.6 Å².